The van der Waals surface area contributed by atoms with E-state index in [1.807, 2.05) is 0 Å². The van der Waals surface area contributed by atoms with Crippen LogP contribution in [0.5, 0.6) is 0 Å². The summed E-state index contributed by atoms with van der Waals surface area (Å²) in [4.78, 5) is 11.0. The third kappa shape index (κ3) is 3.31. The smallest absolute Gasteiger partial charge is 0.301 e. The zero-order valence-electron chi connectivity index (χ0n) is 8.45. The average molecular weight is 199 g/mol. The Labute approximate surface area is 85.1 Å². The minimum Gasteiger partial charge on any atom is -0.481 e. The van der Waals surface area contributed by atoms with E-state index < -0.39 is 5.97 Å². The fourth-order valence-electron chi connectivity index (χ4n) is 2.14. The summed E-state index contributed by atoms with van der Waals surface area (Å²) in [5.41, 5.74) is 5.19. The SMILES string of the molecule is NCOBC(C(=O)O)C1CCCCC1. The van der Waals surface area contributed by atoms with Crippen molar-refractivity contribution < 1.29 is 14.6 Å². The van der Waals surface area contributed by atoms with Crippen LogP contribution >= 0.6 is 0 Å². The molecule has 0 heterocycles. The van der Waals surface area contributed by atoms with Gasteiger partial charge in [0.25, 0.3) is 7.48 Å². The fraction of sp³-hybridized carbons (Fsp3) is 0.889. The van der Waals surface area contributed by atoms with Crippen LogP contribution in [0.4, 0.5) is 0 Å². The average Bonchev–Trinajstić information content (AvgIpc) is 2.19. The first-order chi connectivity index (χ1) is 6.75. The molecule has 1 fully saturated rings. The summed E-state index contributed by atoms with van der Waals surface area (Å²) in [7, 11) is 0.260. The highest BCUT2D eigenvalue weighted by atomic mass is 16.4. The Balaban J connectivity index is 2.43. The van der Waals surface area contributed by atoms with Crippen LogP contribution in [0.2, 0.25) is 5.82 Å². The highest BCUT2D eigenvalue weighted by Crippen LogP contribution is 2.33. The van der Waals surface area contributed by atoms with E-state index in [-0.39, 0.29) is 25.9 Å². The molecular weight excluding hydrogens is 181 g/mol. The lowest BCUT2D eigenvalue weighted by Crippen LogP contribution is -2.28. The predicted molar refractivity (Wildman–Crippen MR) is 55.2 cm³/mol. The van der Waals surface area contributed by atoms with Crippen LogP contribution < -0.4 is 5.73 Å². The van der Waals surface area contributed by atoms with Crippen LogP contribution in [0.15, 0.2) is 0 Å². The topological polar surface area (TPSA) is 72.5 Å². The summed E-state index contributed by atoms with van der Waals surface area (Å²) in [6, 6.07) is 0. The molecule has 0 bridgehead atoms. The molecule has 0 amide bonds. The van der Waals surface area contributed by atoms with Gasteiger partial charge in [-0.25, -0.2) is 0 Å². The first-order valence-corrected chi connectivity index (χ1v) is 5.26. The number of hydrogen-bond acceptors (Lipinski definition) is 3. The molecule has 14 heavy (non-hydrogen) atoms. The quantitative estimate of drug-likeness (QED) is 0.505. The summed E-state index contributed by atoms with van der Waals surface area (Å²) >= 11 is 0. The molecule has 1 aliphatic rings. The Hall–Kier alpha value is -0.545. The zero-order valence-corrected chi connectivity index (χ0v) is 8.45. The molecule has 80 valence electrons. The van der Waals surface area contributed by atoms with E-state index in [0.717, 1.165) is 25.7 Å². The third-order valence-corrected chi connectivity index (χ3v) is 2.95. The molecular formula is C9H18BNO3. The Bertz CT molecular complexity index is 183. The van der Waals surface area contributed by atoms with Crippen LogP contribution in [-0.4, -0.2) is 25.3 Å². The highest BCUT2D eigenvalue weighted by molar-refractivity contribution is 6.36. The van der Waals surface area contributed by atoms with Gasteiger partial charge in [-0.05, 0) is 5.92 Å². The van der Waals surface area contributed by atoms with Crippen LogP contribution in [0.25, 0.3) is 0 Å². The Morgan fingerprint density at radius 2 is 2.14 bits per heavy atom. The van der Waals surface area contributed by atoms with E-state index in [1.54, 1.807) is 0 Å². The number of carbonyl (C=O) groups is 1. The first kappa shape index (κ1) is 11.5. The molecule has 0 radical (unpaired) electrons. The summed E-state index contributed by atoms with van der Waals surface area (Å²) in [5, 5.41) is 9.03. The number of aliphatic carboxylic acids is 1. The van der Waals surface area contributed by atoms with Crippen molar-refractivity contribution in [3.05, 3.63) is 0 Å². The van der Waals surface area contributed by atoms with Crippen LogP contribution in [-0.2, 0) is 9.45 Å². The highest BCUT2D eigenvalue weighted by Gasteiger charge is 2.30. The molecule has 4 nitrogen and oxygen atoms in total. The van der Waals surface area contributed by atoms with Crippen molar-refractivity contribution >= 4 is 13.5 Å². The summed E-state index contributed by atoms with van der Waals surface area (Å²) in [6.07, 6.45) is 5.57. The van der Waals surface area contributed by atoms with E-state index in [2.05, 4.69) is 0 Å². The van der Waals surface area contributed by atoms with E-state index in [1.165, 1.54) is 6.42 Å². The van der Waals surface area contributed by atoms with Crippen LogP contribution in [0.1, 0.15) is 32.1 Å². The van der Waals surface area contributed by atoms with Gasteiger partial charge in [-0.2, -0.15) is 0 Å². The minimum absolute atomic E-state index is 0.108. The lowest BCUT2D eigenvalue weighted by atomic mass is 9.66. The van der Waals surface area contributed by atoms with Gasteiger partial charge in [-0.3, -0.25) is 4.79 Å². The Kier molecular flexibility index (Phi) is 4.97. The number of rotatable bonds is 5. The molecule has 0 aromatic rings. The van der Waals surface area contributed by atoms with Crippen molar-refractivity contribution in [2.75, 3.05) is 6.73 Å². The second-order valence-corrected chi connectivity index (χ2v) is 3.88. The Morgan fingerprint density at radius 3 is 2.64 bits per heavy atom. The van der Waals surface area contributed by atoms with Gasteiger partial charge in [-0.15, -0.1) is 0 Å². The second kappa shape index (κ2) is 6.04. The Morgan fingerprint density at radius 1 is 1.50 bits per heavy atom. The number of hydrogen-bond donors (Lipinski definition) is 2. The molecule has 0 aromatic carbocycles. The maximum absolute atomic E-state index is 11.0. The molecule has 1 aliphatic carbocycles. The van der Waals surface area contributed by atoms with Gasteiger partial charge in [0, 0.05) is 0 Å². The van der Waals surface area contributed by atoms with Crippen molar-refractivity contribution in [2.24, 2.45) is 11.7 Å². The van der Waals surface area contributed by atoms with Crippen LogP contribution in [0, 0.1) is 5.92 Å². The largest absolute Gasteiger partial charge is 0.481 e. The molecule has 1 rings (SSSR count). The van der Waals surface area contributed by atoms with Gasteiger partial charge < -0.3 is 15.5 Å². The molecule has 5 heteroatoms. The van der Waals surface area contributed by atoms with Gasteiger partial charge >= 0.3 is 5.97 Å². The van der Waals surface area contributed by atoms with E-state index in [0.29, 0.717) is 0 Å². The standard InChI is InChI=1S/C9H18BNO3/c11-6-14-10-8(9(12)13)7-4-2-1-3-5-7/h7-8,10H,1-6,11H2,(H,12,13). The van der Waals surface area contributed by atoms with Gasteiger partial charge in [0.05, 0.1) is 12.5 Å². The van der Waals surface area contributed by atoms with Crippen LogP contribution in [0.3, 0.4) is 0 Å². The van der Waals surface area contributed by atoms with Gasteiger partial charge in [0.2, 0.25) is 0 Å². The number of nitrogens with two attached hydrogens (primary N) is 1. The summed E-state index contributed by atoms with van der Waals surface area (Å²) < 4.78 is 5.01. The molecule has 1 unspecified atom stereocenters. The van der Waals surface area contributed by atoms with E-state index in [4.69, 9.17) is 15.5 Å². The molecule has 0 aromatic heterocycles. The van der Waals surface area contributed by atoms with Gasteiger partial charge in [0.15, 0.2) is 0 Å². The third-order valence-electron chi connectivity index (χ3n) is 2.95. The molecule has 0 aliphatic heterocycles. The lowest BCUT2D eigenvalue weighted by molar-refractivity contribution is -0.138. The van der Waals surface area contributed by atoms with Crippen molar-refractivity contribution in [3.63, 3.8) is 0 Å². The predicted octanol–water partition coefficient (Wildman–Crippen LogP) is 0.724. The van der Waals surface area contributed by atoms with Gasteiger partial charge in [-0.1, -0.05) is 32.1 Å². The van der Waals surface area contributed by atoms with Crippen molar-refractivity contribution in [2.45, 2.75) is 37.9 Å². The fourth-order valence-corrected chi connectivity index (χ4v) is 2.14. The van der Waals surface area contributed by atoms with Crippen molar-refractivity contribution in [3.8, 4) is 0 Å². The normalized spacial score (nSPS) is 20.4. The molecule has 3 N–H and O–H groups in total. The number of carboxylic acids is 1. The monoisotopic (exact) mass is 199 g/mol. The maximum atomic E-state index is 11.0. The number of carboxylic acid groups (broad SMARTS) is 1. The maximum Gasteiger partial charge on any atom is 0.301 e. The first-order valence-electron chi connectivity index (χ1n) is 5.26. The molecule has 0 saturated heterocycles. The summed E-state index contributed by atoms with van der Waals surface area (Å²) in [5.74, 6) is -0.822. The van der Waals surface area contributed by atoms with Gasteiger partial charge in [0.1, 0.15) is 0 Å². The summed E-state index contributed by atoms with van der Waals surface area (Å²) in [6.45, 7) is 0.108. The molecule has 0 spiro atoms. The zero-order chi connectivity index (χ0) is 10.4. The molecule has 1 saturated carbocycles. The minimum atomic E-state index is -0.745. The lowest BCUT2D eigenvalue weighted by Gasteiger charge is -2.26. The second-order valence-electron chi connectivity index (χ2n) is 3.88. The van der Waals surface area contributed by atoms with E-state index >= 15 is 0 Å². The van der Waals surface area contributed by atoms with E-state index in [9.17, 15) is 4.79 Å². The molecule has 1 atom stereocenters. The van der Waals surface area contributed by atoms with Crippen molar-refractivity contribution in [1.29, 1.82) is 0 Å². The van der Waals surface area contributed by atoms with Crippen molar-refractivity contribution in [1.82, 2.24) is 0 Å².